The fraction of sp³-hybridized carbons (Fsp3) is 0.0417. The lowest BCUT2D eigenvalue weighted by molar-refractivity contribution is -0.384. The molecule has 0 aliphatic carbocycles. The molecule has 13 aromatic rings. The molecule has 26 heteroatoms. The third-order valence-corrected chi connectivity index (χ3v) is 11.0. The Labute approximate surface area is 428 Å². The highest BCUT2D eigenvalue weighted by Crippen LogP contribution is 2.29. The lowest BCUT2D eigenvalue weighted by atomic mass is 9.81. The predicted molar refractivity (Wildman–Crippen MR) is 284 cm³/mol. The maximum absolute atomic E-state index is 11.0. The van der Waals surface area contributed by atoms with Gasteiger partial charge in [-0.1, -0.05) is 48.5 Å². The molecule has 3 aromatic carbocycles. The smallest absolute Gasteiger partial charge is 0.423 e. The molecule has 0 saturated carbocycles. The summed E-state index contributed by atoms with van der Waals surface area (Å²) in [6.45, 7) is 0. The number of pyridine rings is 5. The number of nitrogens with one attached hydrogen (secondary N) is 4. The lowest BCUT2D eigenvalue weighted by Gasteiger charge is -2.06. The summed E-state index contributed by atoms with van der Waals surface area (Å²) in [7, 11) is -1.38. The second kappa shape index (κ2) is 22.6. The van der Waals surface area contributed by atoms with Crippen LogP contribution in [-0.4, -0.2) is 107 Å². The summed E-state index contributed by atoms with van der Waals surface area (Å²) in [5.74, 6) is 0.0985. The summed E-state index contributed by atoms with van der Waals surface area (Å²) >= 11 is 11.7. The van der Waals surface area contributed by atoms with E-state index >= 15 is 0 Å². The molecule has 0 aliphatic rings. The number of H-pyrrole nitrogens is 3. The van der Waals surface area contributed by atoms with Crippen LogP contribution >= 0.6 is 23.2 Å². The highest BCUT2D eigenvalue weighted by molar-refractivity contribution is 6.58. The Morgan fingerprint density at radius 1 is 0.568 bits per heavy atom. The molecule has 10 aromatic heterocycles. The Morgan fingerprint density at radius 3 is 1.61 bits per heavy atom. The molecule has 74 heavy (non-hydrogen) atoms. The van der Waals surface area contributed by atoms with E-state index in [4.69, 9.17) is 38.2 Å². The average Bonchev–Trinajstić information content (AvgIpc) is 4.28. The summed E-state index contributed by atoms with van der Waals surface area (Å²) in [5, 5.41) is 48.2. The van der Waals surface area contributed by atoms with Crippen molar-refractivity contribution in [2.45, 2.75) is 14.9 Å². The van der Waals surface area contributed by atoms with E-state index in [1.807, 2.05) is 60.7 Å². The van der Waals surface area contributed by atoms with Crippen LogP contribution in [0, 0.1) is 10.1 Å². The van der Waals surface area contributed by atoms with Crippen LogP contribution in [0.3, 0.4) is 0 Å². The molecule has 0 aliphatic heterocycles. The third kappa shape index (κ3) is 11.3. The molecule has 0 spiro atoms. The largest absolute Gasteiger partial charge is 0.488 e. The van der Waals surface area contributed by atoms with Crippen molar-refractivity contribution in [2.24, 2.45) is 0 Å². The molecule has 0 fully saturated rings. The zero-order chi connectivity index (χ0) is 49.6. The molecule has 0 atom stereocenters. The Balaban J connectivity index is 0.000000136. The van der Waals surface area contributed by atoms with E-state index in [1.165, 1.54) is 24.5 Å². The van der Waals surface area contributed by atoms with Crippen LogP contribution in [0.15, 0.2) is 159 Å². The van der Waals surface area contributed by atoms with Crippen LogP contribution in [-0.2, 0) is 0 Å². The Morgan fingerprint density at radius 2 is 1.05 bits per heavy atom. The van der Waals surface area contributed by atoms with E-state index < -0.39 is 12.0 Å². The highest BCUT2D eigenvalue weighted by atomic mass is 35.5. The number of halogens is 2. The van der Waals surface area contributed by atoms with Crippen molar-refractivity contribution in [3.63, 3.8) is 0 Å². The molecule has 23 nitrogen and oxygen atoms in total. The standard InChI is InChI=1S/C17H11N7.C12H7ClN6.C12H8ClN5O2.C5H6BNO2.2CH4/c1-2-14-16(20-10-19-14)9-12(1)24-17-15(22-23-24)4-3-13(21-17)11-5-7-18-8-6-11;13-11-4-3-9-12(16-11)19(18-17-9)7-1-2-8-10(5-7)15-6-14-8;13-11-4-3-10(18(19)20)12(17-11)16-7-1-2-8-9(5-7)15-6-14-8;8-6(9)5-1-3-7-4-2-5;;/h1-10H,(H,19,20);1-6H,(H,14,15);1-6H,(H,14,15)(H,16,17);1-4,8-9H;2*1H4. The molecule has 0 amide bonds. The number of nitro groups is 1. The first-order chi connectivity index (χ1) is 35.1. The van der Waals surface area contributed by atoms with Crippen molar-refractivity contribution in [1.82, 2.24) is 84.8 Å². The van der Waals surface area contributed by atoms with Gasteiger partial charge >= 0.3 is 12.8 Å². The zero-order valence-corrected chi connectivity index (χ0v) is 38.3. The van der Waals surface area contributed by atoms with Crippen molar-refractivity contribution in [3.8, 4) is 22.6 Å². The molecule has 0 unspecified atom stereocenters. The summed E-state index contributed by atoms with van der Waals surface area (Å²) in [6, 6.07) is 34.0. The summed E-state index contributed by atoms with van der Waals surface area (Å²) in [6.07, 6.45) is 11.4. The van der Waals surface area contributed by atoms with E-state index in [9.17, 15) is 10.1 Å². The predicted octanol–water partition coefficient (Wildman–Crippen LogP) is 8.40. The minimum Gasteiger partial charge on any atom is -0.423 e. The number of hydrogen-bond donors (Lipinski definition) is 6. The number of aromatic nitrogens is 17. The highest BCUT2D eigenvalue weighted by Gasteiger charge is 2.17. The second-order valence-electron chi connectivity index (χ2n) is 15.1. The van der Waals surface area contributed by atoms with Crippen LogP contribution in [0.2, 0.25) is 10.3 Å². The molecular formula is C48H40BCl2N19O4. The maximum Gasteiger partial charge on any atom is 0.488 e. The molecular weight excluding hydrogens is 988 g/mol. The molecule has 13 rings (SSSR count). The fourth-order valence-electron chi connectivity index (χ4n) is 7.09. The van der Waals surface area contributed by atoms with Crippen LogP contribution in [0.25, 0.3) is 78.1 Å². The number of fused-ring (bicyclic) bond motifs is 5. The minimum atomic E-state index is -1.38. The van der Waals surface area contributed by atoms with Crippen LogP contribution in [0.5, 0.6) is 0 Å². The van der Waals surface area contributed by atoms with Gasteiger partial charge in [-0.2, -0.15) is 9.36 Å². The number of hydrogen-bond acceptors (Lipinski definition) is 17. The summed E-state index contributed by atoms with van der Waals surface area (Å²) in [5.41, 5.74) is 12.7. The zero-order valence-electron chi connectivity index (χ0n) is 36.8. The van der Waals surface area contributed by atoms with E-state index in [-0.39, 0.29) is 31.5 Å². The Bertz CT molecular complexity index is 4000. The van der Waals surface area contributed by atoms with Gasteiger partial charge in [0.05, 0.1) is 74.1 Å². The summed E-state index contributed by atoms with van der Waals surface area (Å²) in [4.78, 5) is 52.8. The van der Waals surface area contributed by atoms with Gasteiger partial charge in [-0.25, -0.2) is 29.9 Å². The van der Waals surface area contributed by atoms with Gasteiger partial charge in [-0.15, -0.1) is 10.2 Å². The SMILES string of the molecule is C.C.Clc1ccc2nnn(-c3ccc4nc[nH]c4c3)c2n1.O=[N+]([O-])c1ccc(Cl)nc1Nc1ccc2nc[nH]c2c1.OB(O)c1ccncc1.c1cc(-c2ccc3nnn(-c4ccc5nc[nH]c5c4)c3n2)ccn1. The van der Waals surface area contributed by atoms with E-state index in [1.54, 1.807) is 83.2 Å². The van der Waals surface area contributed by atoms with Gasteiger partial charge in [0.25, 0.3) is 0 Å². The Hall–Kier alpha value is -9.62. The number of aromatic amines is 3. The van der Waals surface area contributed by atoms with Gasteiger partial charge < -0.3 is 30.3 Å². The van der Waals surface area contributed by atoms with Crippen LogP contribution in [0.4, 0.5) is 17.2 Å². The van der Waals surface area contributed by atoms with Gasteiger partial charge in [0.1, 0.15) is 21.3 Å². The first kappa shape index (κ1) is 50.8. The average molecular weight is 1030 g/mol. The first-order valence-electron chi connectivity index (χ1n) is 21.3. The number of nitrogens with zero attached hydrogens (tertiary/aromatic N) is 15. The molecule has 368 valence electrons. The van der Waals surface area contributed by atoms with Crippen molar-refractivity contribution in [2.75, 3.05) is 5.32 Å². The summed E-state index contributed by atoms with van der Waals surface area (Å²) < 4.78 is 3.39. The third-order valence-electron chi connectivity index (χ3n) is 10.6. The number of anilines is 2. The first-order valence-corrected chi connectivity index (χ1v) is 22.0. The maximum atomic E-state index is 11.0. The molecule has 6 N–H and O–H groups in total. The van der Waals surface area contributed by atoms with Crippen molar-refractivity contribution >= 4 is 108 Å². The van der Waals surface area contributed by atoms with Crippen molar-refractivity contribution in [3.05, 3.63) is 179 Å². The molecule has 0 radical (unpaired) electrons. The van der Waals surface area contributed by atoms with Gasteiger partial charge in [0.15, 0.2) is 11.3 Å². The van der Waals surface area contributed by atoms with E-state index in [0.717, 1.165) is 61.2 Å². The normalized spacial score (nSPS) is 10.6. The molecule has 0 saturated heterocycles. The van der Waals surface area contributed by atoms with Crippen molar-refractivity contribution in [1.29, 1.82) is 0 Å². The fourth-order valence-corrected chi connectivity index (χ4v) is 7.38. The number of benzene rings is 3. The molecule has 0 bridgehead atoms. The number of imidazole rings is 3. The topological polar surface area (TPSA) is 308 Å². The Kier molecular flexibility index (Phi) is 15.5. The van der Waals surface area contributed by atoms with Gasteiger partial charge in [0.2, 0.25) is 5.82 Å². The van der Waals surface area contributed by atoms with Gasteiger partial charge in [-0.3, -0.25) is 20.1 Å². The van der Waals surface area contributed by atoms with Crippen LogP contribution < -0.4 is 10.8 Å². The van der Waals surface area contributed by atoms with Crippen molar-refractivity contribution < 1.29 is 15.0 Å². The van der Waals surface area contributed by atoms with Crippen LogP contribution in [0.1, 0.15) is 14.9 Å². The minimum absolute atomic E-state index is 0. The molecule has 10 heterocycles. The van der Waals surface area contributed by atoms with E-state index in [0.29, 0.717) is 33.1 Å². The van der Waals surface area contributed by atoms with E-state index in [2.05, 4.69) is 75.8 Å². The quantitative estimate of drug-likeness (QED) is 0.0378. The van der Waals surface area contributed by atoms with Gasteiger partial charge in [0, 0.05) is 42.1 Å². The lowest BCUT2D eigenvalue weighted by Crippen LogP contribution is -2.29. The van der Waals surface area contributed by atoms with Gasteiger partial charge in [-0.05, 0) is 115 Å². The second-order valence-corrected chi connectivity index (χ2v) is 15.9. The monoisotopic (exact) mass is 1030 g/mol. The number of rotatable bonds is 7.